The van der Waals surface area contributed by atoms with Crippen LogP contribution in [0.25, 0.3) is 0 Å². The highest BCUT2D eigenvalue weighted by atomic mass is 127. The largest absolute Gasteiger partial charge is 0.502 e. The molecule has 0 unspecified atom stereocenters. The summed E-state index contributed by atoms with van der Waals surface area (Å²) in [5, 5.41) is 18.9. The van der Waals surface area contributed by atoms with Crippen molar-refractivity contribution in [2.75, 3.05) is 0 Å². The summed E-state index contributed by atoms with van der Waals surface area (Å²) in [7, 11) is 0. The maximum Gasteiger partial charge on any atom is 0.320 e. The molecule has 7 nitrogen and oxygen atoms in total. The number of benzene rings is 2. The van der Waals surface area contributed by atoms with Crippen LogP contribution in [-0.4, -0.2) is 22.2 Å². The Hall–Kier alpha value is -0.0100. The monoisotopic (exact) mass is 809 g/mol. The SMILES string of the molecule is N[C@@H](Cc1cc(I)c(Oc2cc(OI)c(O)c(OI)c2)c(I)c1)C(=O)O. The lowest BCUT2D eigenvalue weighted by Gasteiger charge is -2.15. The van der Waals surface area contributed by atoms with Crippen molar-refractivity contribution in [2.24, 2.45) is 5.73 Å². The maximum absolute atomic E-state index is 10.9. The van der Waals surface area contributed by atoms with Gasteiger partial charge in [-0.2, -0.15) is 0 Å². The van der Waals surface area contributed by atoms with E-state index in [2.05, 4.69) is 45.2 Å². The highest BCUT2D eigenvalue weighted by Crippen LogP contribution is 2.44. The van der Waals surface area contributed by atoms with Crippen molar-refractivity contribution in [3.63, 3.8) is 0 Å². The second kappa shape index (κ2) is 9.97. The van der Waals surface area contributed by atoms with Gasteiger partial charge in [0.25, 0.3) is 0 Å². The van der Waals surface area contributed by atoms with Crippen LogP contribution in [0.4, 0.5) is 0 Å². The molecule has 0 saturated heterocycles. The minimum atomic E-state index is -1.04. The molecule has 26 heavy (non-hydrogen) atoms. The first-order valence-electron chi connectivity index (χ1n) is 6.85. The Balaban J connectivity index is 2.34. The van der Waals surface area contributed by atoms with Gasteiger partial charge in [-0.05, 0) is 69.3 Å². The van der Waals surface area contributed by atoms with Gasteiger partial charge in [0.2, 0.25) is 5.75 Å². The topological polar surface area (TPSA) is 111 Å². The molecule has 0 bridgehead atoms. The van der Waals surface area contributed by atoms with E-state index in [-0.39, 0.29) is 23.7 Å². The maximum atomic E-state index is 10.9. The zero-order chi connectivity index (χ0) is 19.4. The van der Waals surface area contributed by atoms with Crippen LogP contribution in [0.1, 0.15) is 5.56 Å². The minimum Gasteiger partial charge on any atom is -0.502 e. The molecule has 0 heterocycles. The average Bonchev–Trinajstić information content (AvgIpc) is 2.59. The zero-order valence-electron chi connectivity index (χ0n) is 12.7. The predicted molar refractivity (Wildman–Crippen MR) is 129 cm³/mol. The lowest BCUT2D eigenvalue weighted by Crippen LogP contribution is -2.32. The Morgan fingerprint density at radius 3 is 2.00 bits per heavy atom. The molecule has 0 aliphatic carbocycles. The predicted octanol–water partition coefficient (Wildman–Crippen LogP) is 4.81. The first-order chi connectivity index (χ1) is 12.3. The highest BCUT2D eigenvalue weighted by Gasteiger charge is 2.18. The fourth-order valence-electron chi connectivity index (χ4n) is 2.02. The molecule has 0 fully saturated rings. The smallest absolute Gasteiger partial charge is 0.320 e. The van der Waals surface area contributed by atoms with E-state index in [9.17, 15) is 9.90 Å². The Bertz CT molecular complexity index is 784. The number of aromatic hydroxyl groups is 1. The molecule has 0 aromatic heterocycles. The van der Waals surface area contributed by atoms with Crippen LogP contribution in [0.15, 0.2) is 24.3 Å². The number of aliphatic carboxylic acids is 1. The number of nitrogens with two attached hydrogens (primary N) is 1. The molecule has 0 amide bonds. The fourth-order valence-corrected chi connectivity index (χ4v) is 4.81. The van der Waals surface area contributed by atoms with Crippen molar-refractivity contribution in [2.45, 2.75) is 12.5 Å². The second-order valence-electron chi connectivity index (χ2n) is 5.06. The number of ether oxygens (including phenoxy) is 1. The van der Waals surface area contributed by atoms with E-state index in [1.807, 2.05) is 12.1 Å². The summed E-state index contributed by atoms with van der Waals surface area (Å²) in [5.74, 6) is 0.281. The number of carbonyl (C=O) groups is 1. The third kappa shape index (κ3) is 5.51. The third-order valence-electron chi connectivity index (χ3n) is 3.23. The summed E-state index contributed by atoms with van der Waals surface area (Å²) in [6.07, 6.45) is 0.223. The van der Waals surface area contributed by atoms with Gasteiger partial charge in [0.15, 0.2) is 63.3 Å². The number of halogens is 4. The number of hydrogen-bond acceptors (Lipinski definition) is 6. The number of carboxylic acid groups (broad SMARTS) is 1. The van der Waals surface area contributed by atoms with Gasteiger partial charge in [-0.1, -0.05) is 0 Å². The van der Waals surface area contributed by atoms with Crippen LogP contribution in [-0.2, 0) is 11.2 Å². The molecule has 2 aromatic rings. The molecule has 140 valence electrons. The van der Waals surface area contributed by atoms with Crippen LogP contribution in [0.3, 0.4) is 0 Å². The quantitative estimate of drug-likeness (QED) is 0.345. The number of phenolic OH excluding ortho intramolecular Hbond substituents is 1. The summed E-state index contributed by atoms with van der Waals surface area (Å²) in [6.45, 7) is 0. The molecule has 0 radical (unpaired) electrons. The average molecular weight is 809 g/mol. The Morgan fingerprint density at radius 2 is 1.58 bits per heavy atom. The van der Waals surface area contributed by atoms with Crippen molar-refractivity contribution in [1.29, 1.82) is 0 Å². The normalized spacial score (nSPS) is 11.7. The molecule has 11 heteroatoms. The number of hydrogen-bond donors (Lipinski definition) is 3. The molecule has 2 rings (SSSR count). The third-order valence-corrected chi connectivity index (χ3v) is 5.78. The molecule has 0 spiro atoms. The minimum absolute atomic E-state index is 0.122. The van der Waals surface area contributed by atoms with E-state index in [1.54, 1.807) is 58.1 Å². The summed E-state index contributed by atoms with van der Waals surface area (Å²) >= 11 is 7.54. The van der Waals surface area contributed by atoms with E-state index in [4.69, 9.17) is 21.7 Å². The van der Waals surface area contributed by atoms with E-state index in [1.165, 1.54) is 0 Å². The molecular formula is C15H11I4NO6. The van der Waals surface area contributed by atoms with Crippen molar-refractivity contribution < 1.29 is 25.9 Å². The Labute approximate surface area is 204 Å². The first kappa shape index (κ1) is 22.3. The van der Waals surface area contributed by atoms with Gasteiger partial charge in [-0.25, -0.2) is 0 Å². The van der Waals surface area contributed by atoms with E-state index in [0.717, 1.165) is 12.7 Å². The Morgan fingerprint density at radius 1 is 1.08 bits per heavy atom. The van der Waals surface area contributed by atoms with E-state index < -0.39 is 12.0 Å². The van der Waals surface area contributed by atoms with Crippen molar-refractivity contribution in [3.05, 3.63) is 37.0 Å². The van der Waals surface area contributed by atoms with Crippen LogP contribution in [0.2, 0.25) is 0 Å². The number of carboxylic acids is 1. The van der Waals surface area contributed by atoms with Gasteiger partial charge in [-0.15, -0.1) is 0 Å². The standard InChI is InChI=1S/C15H11I4NO6/c16-8-1-6(3-10(20)15(22)23)2-9(17)14(8)24-7-4-11(25-18)13(21)12(5-7)26-19/h1-2,4-5,10,21H,3,20H2,(H,22,23)/t10-/m0/s1. The van der Waals surface area contributed by atoms with Crippen LogP contribution < -0.4 is 16.6 Å². The second-order valence-corrected chi connectivity index (χ2v) is 8.27. The lowest BCUT2D eigenvalue weighted by molar-refractivity contribution is -0.138. The van der Waals surface area contributed by atoms with Crippen LogP contribution >= 0.6 is 91.2 Å². The molecule has 0 aliphatic heterocycles. The molecule has 0 saturated carbocycles. The molecular weight excluding hydrogens is 798 g/mol. The number of rotatable bonds is 7. The molecule has 0 aliphatic rings. The van der Waals surface area contributed by atoms with Gasteiger partial charge >= 0.3 is 5.97 Å². The molecule has 1 atom stereocenters. The van der Waals surface area contributed by atoms with Gasteiger partial charge in [0.1, 0.15) is 11.8 Å². The lowest BCUT2D eigenvalue weighted by atomic mass is 10.1. The van der Waals surface area contributed by atoms with Crippen LogP contribution in [0.5, 0.6) is 28.7 Å². The summed E-state index contributed by atoms with van der Waals surface area (Å²) < 4.78 is 17.7. The number of phenols is 1. The van der Waals surface area contributed by atoms with Gasteiger partial charge in [0, 0.05) is 12.1 Å². The summed E-state index contributed by atoms with van der Waals surface area (Å²) in [4.78, 5) is 10.9. The fraction of sp³-hybridized carbons (Fsp3) is 0.133. The van der Waals surface area contributed by atoms with E-state index >= 15 is 0 Å². The molecule has 4 N–H and O–H groups in total. The van der Waals surface area contributed by atoms with Gasteiger partial charge < -0.3 is 26.8 Å². The Kier molecular flexibility index (Phi) is 8.54. The first-order valence-corrected chi connectivity index (χ1v) is 10.8. The van der Waals surface area contributed by atoms with Crippen molar-refractivity contribution in [1.82, 2.24) is 0 Å². The zero-order valence-corrected chi connectivity index (χ0v) is 21.3. The van der Waals surface area contributed by atoms with Crippen molar-refractivity contribution >= 4 is 97.2 Å². The van der Waals surface area contributed by atoms with Gasteiger partial charge in [0.05, 0.1) is 7.14 Å². The van der Waals surface area contributed by atoms with Crippen molar-refractivity contribution in [3.8, 4) is 28.7 Å². The highest BCUT2D eigenvalue weighted by molar-refractivity contribution is 14.1. The van der Waals surface area contributed by atoms with Gasteiger partial charge in [-0.3, -0.25) is 4.79 Å². The van der Waals surface area contributed by atoms with Crippen LogP contribution in [0, 0.1) is 7.14 Å². The van der Waals surface area contributed by atoms with E-state index in [0.29, 0.717) is 11.5 Å². The summed E-state index contributed by atoms with van der Waals surface area (Å²) in [6, 6.07) is 5.78. The summed E-state index contributed by atoms with van der Waals surface area (Å²) in [5.41, 5.74) is 6.40. The molecule has 2 aromatic carbocycles.